The molecule has 0 spiro atoms. The van der Waals surface area contributed by atoms with Gasteiger partial charge in [-0.2, -0.15) is 0 Å². The summed E-state index contributed by atoms with van der Waals surface area (Å²) in [7, 11) is 0.224. The second kappa shape index (κ2) is 9.77. The molecule has 13 heteroatoms. The molecule has 12 nitrogen and oxygen atoms in total. The molecule has 0 bridgehead atoms. The number of benzene rings is 1. The number of ether oxygens (including phenoxy) is 1. The molecule has 1 aromatic carbocycles. The van der Waals surface area contributed by atoms with Gasteiger partial charge in [-0.1, -0.05) is 11.3 Å². The van der Waals surface area contributed by atoms with E-state index in [9.17, 15) is 19.8 Å². The smallest absolute Gasteiger partial charge is 0.451 e. The van der Waals surface area contributed by atoms with Gasteiger partial charge in [-0.05, 0) is 31.4 Å². The van der Waals surface area contributed by atoms with Crippen molar-refractivity contribution >= 4 is 19.0 Å². The molecule has 0 atom stereocenters. The zero-order valence-corrected chi connectivity index (χ0v) is 16.9. The lowest BCUT2D eigenvalue weighted by molar-refractivity contribution is -0.140. The predicted molar refractivity (Wildman–Crippen MR) is 108 cm³/mol. The van der Waals surface area contributed by atoms with Crippen LogP contribution < -0.4 is 10.1 Å². The number of phenols is 1. The maximum absolute atomic E-state index is 12.4. The third-order valence-electron chi connectivity index (χ3n) is 4.84. The van der Waals surface area contributed by atoms with E-state index in [1.165, 1.54) is 16.8 Å². The minimum Gasteiger partial charge on any atom is -0.507 e. The van der Waals surface area contributed by atoms with E-state index < -0.39 is 30.5 Å². The van der Waals surface area contributed by atoms with Crippen molar-refractivity contribution in [3.8, 4) is 11.5 Å². The fourth-order valence-corrected chi connectivity index (χ4v) is 3.22. The highest BCUT2D eigenvalue weighted by atomic mass is 16.5. The molecule has 1 saturated heterocycles. The number of aromatic hydroxyl groups is 1. The highest BCUT2D eigenvalue weighted by Gasteiger charge is 2.34. The number of aromatic carboxylic acids is 1. The molecule has 1 aromatic heterocycles. The molecule has 0 aliphatic carbocycles. The number of nitrogens with one attached hydrogen (secondary N) is 1. The third kappa shape index (κ3) is 5.51. The molecule has 1 aliphatic rings. The Bertz CT molecular complexity index is 945. The number of amides is 1. The van der Waals surface area contributed by atoms with E-state index in [2.05, 4.69) is 15.6 Å². The van der Waals surface area contributed by atoms with Gasteiger partial charge in [0.15, 0.2) is 0 Å². The summed E-state index contributed by atoms with van der Waals surface area (Å²) in [6.45, 7) is 1.13. The molecule has 1 aliphatic heterocycles. The van der Waals surface area contributed by atoms with Gasteiger partial charge in [0.2, 0.25) is 5.91 Å². The fourth-order valence-electron chi connectivity index (χ4n) is 3.22. The molecule has 2 heterocycles. The number of aryl methyl sites for hydroxylation is 1. The lowest BCUT2D eigenvalue weighted by atomic mass is 9.82. The Morgan fingerprint density at radius 3 is 2.71 bits per heavy atom. The topological polar surface area (TPSA) is 170 Å². The monoisotopic (exact) mass is 433 g/mol. The van der Waals surface area contributed by atoms with Crippen molar-refractivity contribution in [3.63, 3.8) is 0 Å². The first kappa shape index (κ1) is 22.5. The SMILES string of the molecule is CNCc1cn(CC(=O)N2CC(Oc3ccc(CCB(O)O)c(O)c3C(=O)O)C2)nn1. The van der Waals surface area contributed by atoms with Crippen molar-refractivity contribution in [2.45, 2.75) is 31.9 Å². The highest BCUT2D eigenvalue weighted by molar-refractivity contribution is 6.41. The van der Waals surface area contributed by atoms with Gasteiger partial charge in [-0.3, -0.25) is 4.79 Å². The summed E-state index contributed by atoms with van der Waals surface area (Å²) < 4.78 is 7.14. The summed E-state index contributed by atoms with van der Waals surface area (Å²) in [5.41, 5.74) is 0.598. The summed E-state index contributed by atoms with van der Waals surface area (Å²) in [4.78, 5) is 25.5. The van der Waals surface area contributed by atoms with E-state index in [1.807, 2.05) is 0 Å². The van der Waals surface area contributed by atoms with Crippen LogP contribution in [0.15, 0.2) is 18.3 Å². The van der Waals surface area contributed by atoms with E-state index in [0.717, 1.165) is 5.69 Å². The van der Waals surface area contributed by atoms with Crippen LogP contribution in [0.1, 0.15) is 21.6 Å². The number of carbonyl (C=O) groups is 2. The first-order valence-corrected chi connectivity index (χ1v) is 9.70. The van der Waals surface area contributed by atoms with Gasteiger partial charge in [0, 0.05) is 6.54 Å². The molecule has 1 fully saturated rings. The molecule has 166 valence electrons. The van der Waals surface area contributed by atoms with E-state index in [1.54, 1.807) is 18.1 Å². The quantitative estimate of drug-likeness (QED) is 0.284. The molecule has 1 amide bonds. The molecule has 2 aromatic rings. The van der Waals surface area contributed by atoms with Gasteiger partial charge in [0.1, 0.15) is 29.7 Å². The zero-order valence-electron chi connectivity index (χ0n) is 16.9. The van der Waals surface area contributed by atoms with Crippen LogP contribution in [0, 0.1) is 0 Å². The summed E-state index contributed by atoms with van der Waals surface area (Å²) in [6, 6.07) is 2.90. The second-order valence-corrected chi connectivity index (χ2v) is 7.25. The van der Waals surface area contributed by atoms with Crippen LogP contribution in [-0.4, -0.2) is 85.4 Å². The Balaban J connectivity index is 1.58. The molecule has 0 saturated carbocycles. The number of rotatable bonds is 10. The van der Waals surface area contributed by atoms with Crippen molar-refractivity contribution in [1.29, 1.82) is 0 Å². The van der Waals surface area contributed by atoms with Crippen molar-refractivity contribution < 1.29 is 34.6 Å². The van der Waals surface area contributed by atoms with Crippen LogP contribution in [0.5, 0.6) is 11.5 Å². The minimum absolute atomic E-state index is 0.0108. The Labute approximate surface area is 178 Å². The summed E-state index contributed by atoms with van der Waals surface area (Å²) in [5, 5.41) is 48.5. The molecular formula is C18H24BN5O7. The maximum Gasteiger partial charge on any atom is 0.451 e. The number of carboxylic acid groups (broad SMARTS) is 1. The molecular weight excluding hydrogens is 409 g/mol. The van der Waals surface area contributed by atoms with Crippen molar-refractivity contribution in [3.05, 3.63) is 35.2 Å². The Morgan fingerprint density at radius 2 is 2.06 bits per heavy atom. The second-order valence-electron chi connectivity index (χ2n) is 7.25. The highest BCUT2D eigenvalue weighted by Crippen LogP contribution is 2.34. The molecule has 0 radical (unpaired) electrons. The van der Waals surface area contributed by atoms with Gasteiger partial charge in [0.25, 0.3) is 0 Å². The van der Waals surface area contributed by atoms with Crippen molar-refractivity contribution in [1.82, 2.24) is 25.2 Å². The summed E-state index contributed by atoms with van der Waals surface area (Å²) in [6.07, 6.45) is 1.31. The van der Waals surface area contributed by atoms with E-state index in [4.69, 9.17) is 14.8 Å². The normalized spacial score (nSPS) is 13.7. The van der Waals surface area contributed by atoms with E-state index in [-0.39, 0.29) is 49.6 Å². The van der Waals surface area contributed by atoms with E-state index >= 15 is 0 Å². The average Bonchev–Trinajstić information content (AvgIpc) is 3.10. The van der Waals surface area contributed by atoms with Gasteiger partial charge in [-0.15, -0.1) is 5.10 Å². The minimum atomic E-state index is -1.56. The summed E-state index contributed by atoms with van der Waals surface area (Å²) in [5.74, 6) is -2.01. The van der Waals surface area contributed by atoms with Gasteiger partial charge in [0.05, 0.1) is 25.0 Å². The maximum atomic E-state index is 12.4. The number of hydrogen-bond donors (Lipinski definition) is 5. The standard InChI is InChI=1S/C18H24BN5O7/c1-20-6-12-7-24(22-21-12)10-15(25)23-8-13(9-23)31-14-3-2-11(4-5-19(29)30)17(26)16(14)18(27)28/h2-3,7,13,20,26,29-30H,4-6,8-10H2,1H3,(H,27,28). The van der Waals surface area contributed by atoms with Crippen LogP contribution in [0.4, 0.5) is 0 Å². The Kier molecular flexibility index (Phi) is 7.10. The molecule has 31 heavy (non-hydrogen) atoms. The number of likely N-dealkylation sites (tertiary alicyclic amines) is 1. The summed E-state index contributed by atoms with van der Waals surface area (Å²) >= 11 is 0. The Morgan fingerprint density at radius 1 is 1.32 bits per heavy atom. The fraction of sp³-hybridized carbons (Fsp3) is 0.444. The van der Waals surface area contributed by atoms with Gasteiger partial charge < -0.3 is 35.2 Å². The number of nitrogens with zero attached hydrogens (tertiary/aromatic N) is 4. The number of aromatic nitrogens is 3. The molecule has 0 unspecified atom stereocenters. The van der Waals surface area contributed by atoms with Crippen molar-refractivity contribution in [2.75, 3.05) is 20.1 Å². The number of carbonyl (C=O) groups excluding carboxylic acids is 1. The van der Waals surface area contributed by atoms with Gasteiger partial charge >= 0.3 is 13.1 Å². The predicted octanol–water partition coefficient (Wildman–Crippen LogP) is -1.29. The molecule has 3 rings (SSSR count). The van der Waals surface area contributed by atoms with Crippen LogP contribution in [0.25, 0.3) is 0 Å². The zero-order chi connectivity index (χ0) is 22.5. The van der Waals surface area contributed by atoms with Crippen LogP contribution >= 0.6 is 0 Å². The Hall–Kier alpha value is -3.16. The van der Waals surface area contributed by atoms with Crippen LogP contribution in [0.3, 0.4) is 0 Å². The van der Waals surface area contributed by atoms with Gasteiger partial charge in [-0.25, -0.2) is 9.48 Å². The number of carboxylic acids is 1. The number of hydrogen-bond acceptors (Lipinski definition) is 9. The van der Waals surface area contributed by atoms with Crippen molar-refractivity contribution in [2.24, 2.45) is 0 Å². The van der Waals surface area contributed by atoms with Crippen LogP contribution in [-0.2, 0) is 24.3 Å². The first-order chi connectivity index (χ1) is 14.8. The molecule has 5 N–H and O–H groups in total. The lowest BCUT2D eigenvalue weighted by Crippen LogP contribution is -2.57. The lowest BCUT2D eigenvalue weighted by Gasteiger charge is -2.39. The third-order valence-corrected chi connectivity index (χ3v) is 4.84. The first-order valence-electron chi connectivity index (χ1n) is 9.70. The van der Waals surface area contributed by atoms with Crippen LogP contribution in [0.2, 0.25) is 6.32 Å². The largest absolute Gasteiger partial charge is 0.507 e. The van der Waals surface area contributed by atoms with E-state index in [0.29, 0.717) is 6.54 Å². The average molecular weight is 433 g/mol.